The third-order valence-corrected chi connectivity index (χ3v) is 5.71. The molecule has 0 radical (unpaired) electrons. The van der Waals surface area contributed by atoms with Crippen LogP contribution < -0.4 is 5.73 Å². The zero-order valence-corrected chi connectivity index (χ0v) is 14.2. The molecule has 1 unspecified atom stereocenters. The van der Waals surface area contributed by atoms with Crippen LogP contribution in [0.15, 0.2) is 0 Å². The smallest absolute Gasteiger partial charge is 0.0249 e. The molecular weight excluding hydrogens is 244 g/mol. The summed E-state index contributed by atoms with van der Waals surface area (Å²) in [5.41, 5.74) is 6.67. The van der Waals surface area contributed by atoms with E-state index in [1.54, 1.807) is 0 Å². The van der Waals surface area contributed by atoms with E-state index in [-0.39, 0.29) is 0 Å². The fourth-order valence-electron chi connectivity index (χ4n) is 4.25. The minimum absolute atomic E-state index is 0.489. The van der Waals surface area contributed by atoms with Gasteiger partial charge in [0.15, 0.2) is 0 Å². The SMILES string of the molecule is CCCN(C1CC1)C(CN)C1CCC(C(C)(C)C)CC1. The summed E-state index contributed by atoms with van der Waals surface area (Å²) >= 11 is 0. The van der Waals surface area contributed by atoms with Gasteiger partial charge in [0, 0.05) is 18.6 Å². The van der Waals surface area contributed by atoms with Gasteiger partial charge in [-0.3, -0.25) is 4.90 Å². The van der Waals surface area contributed by atoms with Crippen LogP contribution in [0.5, 0.6) is 0 Å². The highest BCUT2D eigenvalue weighted by Gasteiger charge is 2.38. The summed E-state index contributed by atoms with van der Waals surface area (Å²) in [5, 5.41) is 0. The Hall–Kier alpha value is -0.0800. The lowest BCUT2D eigenvalue weighted by molar-refractivity contribution is 0.0770. The van der Waals surface area contributed by atoms with Gasteiger partial charge in [0.2, 0.25) is 0 Å². The molecule has 2 rings (SSSR count). The molecule has 0 amide bonds. The summed E-state index contributed by atoms with van der Waals surface area (Å²) in [5.74, 6) is 1.77. The summed E-state index contributed by atoms with van der Waals surface area (Å²) in [6.07, 6.45) is 9.71. The molecule has 20 heavy (non-hydrogen) atoms. The largest absolute Gasteiger partial charge is 0.329 e. The first-order valence-electron chi connectivity index (χ1n) is 8.93. The van der Waals surface area contributed by atoms with E-state index in [2.05, 4.69) is 32.6 Å². The maximum absolute atomic E-state index is 6.18. The van der Waals surface area contributed by atoms with Crippen molar-refractivity contribution in [2.45, 2.75) is 84.7 Å². The molecule has 0 aromatic heterocycles. The molecule has 2 nitrogen and oxygen atoms in total. The highest BCUT2D eigenvalue weighted by atomic mass is 15.2. The lowest BCUT2D eigenvalue weighted by Crippen LogP contribution is -2.48. The molecule has 0 spiro atoms. The second-order valence-electron chi connectivity index (χ2n) is 8.25. The summed E-state index contributed by atoms with van der Waals surface area (Å²) in [6, 6.07) is 1.52. The lowest BCUT2D eigenvalue weighted by Gasteiger charge is -2.43. The van der Waals surface area contributed by atoms with E-state index in [1.807, 2.05) is 0 Å². The Kier molecular flexibility index (Phi) is 5.53. The molecule has 1 atom stereocenters. The molecule has 2 heteroatoms. The molecular formula is C18H36N2. The van der Waals surface area contributed by atoms with Crippen molar-refractivity contribution in [3.8, 4) is 0 Å². The molecule has 2 fully saturated rings. The van der Waals surface area contributed by atoms with Gasteiger partial charge < -0.3 is 5.73 Å². The molecule has 0 aromatic carbocycles. The predicted octanol–water partition coefficient (Wildman–Crippen LogP) is 4.04. The van der Waals surface area contributed by atoms with Crippen LogP contribution in [-0.2, 0) is 0 Å². The summed E-state index contributed by atoms with van der Waals surface area (Å²) in [6.45, 7) is 11.6. The van der Waals surface area contributed by atoms with Crippen LogP contribution in [0.2, 0.25) is 0 Å². The molecule has 118 valence electrons. The molecule has 0 bridgehead atoms. The minimum atomic E-state index is 0.489. The fraction of sp³-hybridized carbons (Fsp3) is 1.00. The molecule has 0 saturated heterocycles. The highest BCUT2D eigenvalue weighted by Crippen LogP contribution is 2.42. The minimum Gasteiger partial charge on any atom is -0.329 e. The second kappa shape index (κ2) is 6.79. The quantitative estimate of drug-likeness (QED) is 0.795. The topological polar surface area (TPSA) is 29.3 Å². The van der Waals surface area contributed by atoms with E-state index in [1.165, 1.54) is 51.5 Å². The first kappa shape index (κ1) is 16.3. The zero-order valence-electron chi connectivity index (χ0n) is 14.2. The number of hydrogen-bond donors (Lipinski definition) is 1. The molecule has 2 aliphatic rings. The first-order valence-corrected chi connectivity index (χ1v) is 8.93. The van der Waals surface area contributed by atoms with Crippen LogP contribution in [0.25, 0.3) is 0 Å². The third-order valence-electron chi connectivity index (χ3n) is 5.71. The number of nitrogens with zero attached hydrogens (tertiary/aromatic N) is 1. The first-order chi connectivity index (χ1) is 9.47. The number of hydrogen-bond acceptors (Lipinski definition) is 2. The predicted molar refractivity (Wildman–Crippen MR) is 87.8 cm³/mol. The average Bonchev–Trinajstić information content (AvgIpc) is 3.22. The van der Waals surface area contributed by atoms with Crippen molar-refractivity contribution < 1.29 is 0 Å². The van der Waals surface area contributed by atoms with Gasteiger partial charge in [0.05, 0.1) is 0 Å². The van der Waals surface area contributed by atoms with Crippen molar-refractivity contribution in [1.82, 2.24) is 4.90 Å². The second-order valence-corrected chi connectivity index (χ2v) is 8.25. The standard InChI is InChI=1S/C18H36N2/c1-5-12-20(16-10-11-16)17(13-19)14-6-8-15(9-7-14)18(2,3)4/h14-17H,5-13,19H2,1-4H3. The summed E-state index contributed by atoms with van der Waals surface area (Å²) in [4.78, 5) is 2.77. The molecule has 0 heterocycles. The van der Waals surface area contributed by atoms with Crippen LogP contribution in [-0.4, -0.2) is 30.1 Å². The van der Waals surface area contributed by atoms with Crippen molar-refractivity contribution in [1.29, 1.82) is 0 Å². The van der Waals surface area contributed by atoms with Crippen molar-refractivity contribution in [3.05, 3.63) is 0 Å². The van der Waals surface area contributed by atoms with Crippen LogP contribution in [0.4, 0.5) is 0 Å². The van der Waals surface area contributed by atoms with Crippen molar-refractivity contribution in [2.24, 2.45) is 23.0 Å². The third kappa shape index (κ3) is 3.98. The normalized spacial score (nSPS) is 29.7. The van der Waals surface area contributed by atoms with Crippen molar-refractivity contribution in [3.63, 3.8) is 0 Å². The Morgan fingerprint density at radius 3 is 2.05 bits per heavy atom. The Bertz CT molecular complexity index is 282. The van der Waals surface area contributed by atoms with Crippen LogP contribution in [0, 0.1) is 17.3 Å². The van der Waals surface area contributed by atoms with E-state index < -0.39 is 0 Å². The number of nitrogens with two attached hydrogens (primary N) is 1. The van der Waals surface area contributed by atoms with Crippen LogP contribution in [0.3, 0.4) is 0 Å². The van der Waals surface area contributed by atoms with Crippen LogP contribution in [0.1, 0.15) is 72.6 Å². The van der Waals surface area contributed by atoms with Gasteiger partial charge in [-0.1, -0.05) is 27.7 Å². The molecule has 2 N–H and O–H groups in total. The van der Waals surface area contributed by atoms with E-state index in [0.717, 1.165) is 24.4 Å². The molecule has 2 saturated carbocycles. The van der Waals surface area contributed by atoms with Crippen molar-refractivity contribution in [2.75, 3.05) is 13.1 Å². The van der Waals surface area contributed by atoms with Gasteiger partial charge >= 0.3 is 0 Å². The van der Waals surface area contributed by atoms with Gasteiger partial charge in [-0.05, 0) is 68.7 Å². The maximum Gasteiger partial charge on any atom is 0.0249 e. The van der Waals surface area contributed by atoms with Gasteiger partial charge in [0.1, 0.15) is 0 Å². The summed E-state index contributed by atoms with van der Waals surface area (Å²) in [7, 11) is 0. The Morgan fingerprint density at radius 2 is 1.65 bits per heavy atom. The van der Waals surface area contributed by atoms with E-state index in [4.69, 9.17) is 5.73 Å². The van der Waals surface area contributed by atoms with Gasteiger partial charge in [-0.15, -0.1) is 0 Å². The van der Waals surface area contributed by atoms with E-state index in [0.29, 0.717) is 11.5 Å². The molecule has 0 aromatic rings. The van der Waals surface area contributed by atoms with Gasteiger partial charge in [-0.2, -0.15) is 0 Å². The Balaban J connectivity index is 1.92. The maximum atomic E-state index is 6.18. The van der Waals surface area contributed by atoms with Crippen LogP contribution >= 0.6 is 0 Å². The monoisotopic (exact) mass is 280 g/mol. The molecule has 0 aliphatic heterocycles. The molecule has 2 aliphatic carbocycles. The average molecular weight is 280 g/mol. The van der Waals surface area contributed by atoms with Crippen molar-refractivity contribution >= 4 is 0 Å². The van der Waals surface area contributed by atoms with E-state index in [9.17, 15) is 0 Å². The lowest BCUT2D eigenvalue weighted by atomic mass is 9.68. The Morgan fingerprint density at radius 1 is 1.05 bits per heavy atom. The fourth-order valence-corrected chi connectivity index (χ4v) is 4.25. The zero-order chi connectivity index (χ0) is 14.8. The Labute approximate surface area is 126 Å². The van der Waals surface area contributed by atoms with E-state index >= 15 is 0 Å². The van der Waals surface area contributed by atoms with Gasteiger partial charge in [0.25, 0.3) is 0 Å². The summed E-state index contributed by atoms with van der Waals surface area (Å²) < 4.78 is 0. The highest BCUT2D eigenvalue weighted by molar-refractivity contribution is 4.93. The number of rotatable bonds is 6. The van der Waals surface area contributed by atoms with Gasteiger partial charge in [-0.25, -0.2) is 0 Å².